The van der Waals surface area contributed by atoms with Gasteiger partial charge in [0.2, 0.25) is 0 Å². The first-order valence-corrected chi connectivity index (χ1v) is 8.97. The average molecular weight is 389 g/mol. The summed E-state index contributed by atoms with van der Waals surface area (Å²) >= 11 is 11.6. The maximum atomic E-state index is 11.8. The third-order valence-electron chi connectivity index (χ3n) is 4.78. The van der Waals surface area contributed by atoms with Crippen LogP contribution in [0.5, 0.6) is 5.75 Å². The van der Waals surface area contributed by atoms with Crippen LogP contribution in [0, 0.1) is 0 Å². The van der Waals surface area contributed by atoms with E-state index in [9.17, 15) is 4.79 Å². The SMILES string of the molecule is COC(=O)c1ccc2c(c1)[C@H]1C[C@@](C)(O2)N(c2ccc(Cl)cc2)C(=S)N1. The van der Waals surface area contributed by atoms with Crippen molar-refractivity contribution in [2.75, 3.05) is 12.0 Å². The van der Waals surface area contributed by atoms with E-state index in [-0.39, 0.29) is 12.0 Å². The molecule has 5 nitrogen and oxygen atoms in total. The number of fused-ring (bicyclic) bond motifs is 4. The second-order valence-electron chi connectivity index (χ2n) is 6.54. The Bertz CT molecular complexity index is 902. The molecule has 0 saturated carbocycles. The first-order chi connectivity index (χ1) is 12.4. The van der Waals surface area contributed by atoms with Gasteiger partial charge in [-0.05, 0) is 61.6 Å². The summed E-state index contributed by atoms with van der Waals surface area (Å²) < 4.78 is 11.2. The molecular weight excluding hydrogens is 372 g/mol. The van der Waals surface area contributed by atoms with E-state index in [1.54, 1.807) is 12.1 Å². The van der Waals surface area contributed by atoms with Crippen molar-refractivity contribution in [3.8, 4) is 5.75 Å². The molecule has 2 bridgehead atoms. The number of benzene rings is 2. The second kappa shape index (κ2) is 6.14. The first kappa shape index (κ1) is 17.1. The van der Waals surface area contributed by atoms with Crippen LogP contribution in [0.3, 0.4) is 0 Å². The maximum absolute atomic E-state index is 11.8. The van der Waals surface area contributed by atoms with E-state index in [0.29, 0.717) is 22.1 Å². The normalized spacial score (nSPS) is 23.6. The van der Waals surface area contributed by atoms with Crippen molar-refractivity contribution in [2.24, 2.45) is 0 Å². The molecule has 4 rings (SSSR count). The summed E-state index contributed by atoms with van der Waals surface area (Å²) in [6.07, 6.45) is 0.674. The Balaban J connectivity index is 1.75. The number of rotatable bonds is 2. The van der Waals surface area contributed by atoms with Gasteiger partial charge in [-0.15, -0.1) is 0 Å². The van der Waals surface area contributed by atoms with Crippen molar-refractivity contribution in [1.29, 1.82) is 0 Å². The van der Waals surface area contributed by atoms with E-state index in [0.717, 1.165) is 17.0 Å². The van der Waals surface area contributed by atoms with E-state index in [1.807, 2.05) is 42.2 Å². The fraction of sp³-hybridized carbons (Fsp3) is 0.263. The van der Waals surface area contributed by atoms with Crippen molar-refractivity contribution >= 4 is 40.6 Å². The summed E-state index contributed by atoms with van der Waals surface area (Å²) in [5.74, 6) is 0.354. The number of ether oxygens (including phenoxy) is 2. The first-order valence-electron chi connectivity index (χ1n) is 8.19. The summed E-state index contributed by atoms with van der Waals surface area (Å²) in [5.41, 5.74) is 1.66. The Morgan fingerprint density at radius 3 is 2.77 bits per heavy atom. The highest BCUT2D eigenvalue weighted by atomic mass is 35.5. The van der Waals surface area contributed by atoms with E-state index < -0.39 is 5.72 Å². The molecule has 0 aromatic heterocycles. The van der Waals surface area contributed by atoms with Gasteiger partial charge in [-0.3, -0.25) is 4.90 Å². The molecule has 2 heterocycles. The molecule has 0 aliphatic carbocycles. The Morgan fingerprint density at radius 2 is 2.08 bits per heavy atom. The number of halogens is 1. The number of hydrogen-bond acceptors (Lipinski definition) is 4. The molecule has 0 unspecified atom stereocenters. The van der Waals surface area contributed by atoms with Gasteiger partial charge < -0.3 is 14.8 Å². The van der Waals surface area contributed by atoms with Crippen molar-refractivity contribution < 1.29 is 14.3 Å². The quantitative estimate of drug-likeness (QED) is 0.618. The van der Waals surface area contributed by atoms with Crippen LogP contribution in [-0.4, -0.2) is 23.9 Å². The van der Waals surface area contributed by atoms with Crippen LogP contribution in [-0.2, 0) is 4.74 Å². The number of carbonyl (C=O) groups excluding carboxylic acids is 1. The number of anilines is 1. The fourth-order valence-electron chi connectivity index (χ4n) is 3.60. The highest BCUT2D eigenvalue weighted by Gasteiger charge is 2.48. The molecule has 2 aliphatic rings. The molecule has 2 aliphatic heterocycles. The molecule has 1 N–H and O–H groups in total. The number of carbonyl (C=O) groups is 1. The van der Waals surface area contributed by atoms with E-state index in [1.165, 1.54) is 7.11 Å². The van der Waals surface area contributed by atoms with E-state index in [4.69, 9.17) is 33.3 Å². The van der Waals surface area contributed by atoms with E-state index >= 15 is 0 Å². The molecule has 2 aromatic rings. The molecular formula is C19H17ClN2O3S. The number of esters is 1. The number of thiocarbonyl (C=S) groups is 1. The van der Waals surface area contributed by atoms with Gasteiger partial charge in [0.1, 0.15) is 5.75 Å². The number of nitrogens with zero attached hydrogens (tertiary/aromatic N) is 1. The Hall–Kier alpha value is -2.31. The minimum atomic E-state index is -0.638. The van der Waals surface area contributed by atoms with Crippen LogP contribution >= 0.6 is 23.8 Å². The summed E-state index contributed by atoms with van der Waals surface area (Å²) in [5, 5.41) is 4.60. The zero-order valence-electron chi connectivity index (χ0n) is 14.3. The molecule has 0 radical (unpaired) electrons. The maximum Gasteiger partial charge on any atom is 0.337 e. The van der Waals surface area contributed by atoms with Gasteiger partial charge >= 0.3 is 5.97 Å². The van der Waals surface area contributed by atoms with Crippen LogP contribution in [0.4, 0.5) is 5.69 Å². The van der Waals surface area contributed by atoms with Gasteiger partial charge in [0.15, 0.2) is 10.8 Å². The zero-order valence-corrected chi connectivity index (χ0v) is 15.9. The lowest BCUT2D eigenvalue weighted by molar-refractivity contribution is 0.0494. The van der Waals surface area contributed by atoms with Crippen LogP contribution in [0.2, 0.25) is 5.02 Å². The number of methoxy groups -OCH3 is 1. The molecule has 0 spiro atoms. The highest BCUT2D eigenvalue weighted by Crippen LogP contribution is 2.45. The molecule has 0 amide bonds. The van der Waals surface area contributed by atoms with Crippen molar-refractivity contribution in [2.45, 2.75) is 25.1 Å². The summed E-state index contributed by atoms with van der Waals surface area (Å²) in [6.45, 7) is 2.01. The van der Waals surface area contributed by atoms with E-state index in [2.05, 4.69) is 5.32 Å². The van der Waals surface area contributed by atoms with Gasteiger partial charge in [0.05, 0.1) is 18.7 Å². The number of hydrogen-bond donors (Lipinski definition) is 1. The minimum absolute atomic E-state index is 0.0376. The number of nitrogens with one attached hydrogen (secondary N) is 1. The third-order valence-corrected chi connectivity index (χ3v) is 5.33. The molecule has 26 heavy (non-hydrogen) atoms. The smallest absolute Gasteiger partial charge is 0.337 e. The van der Waals surface area contributed by atoms with Crippen molar-refractivity contribution in [1.82, 2.24) is 5.32 Å². The van der Waals surface area contributed by atoms with Crippen LogP contribution in [0.1, 0.15) is 35.3 Å². The average Bonchev–Trinajstić information content (AvgIpc) is 2.61. The van der Waals surface area contributed by atoms with Crippen molar-refractivity contribution in [3.05, 3.63) is 58.6 Å². The summed E-state index contributed by atoms with van der Waals surface area (Å²) in [7, 11) is 1.37. The van der Waals surface area contributed by atoms with Gasteiger partial charge in [0.25, 0.3) is 0 Å². The fourth-order valence-corrected chi connectivity index (χ4v) is 4.17. The Morgan fingerprint density at radius 1 is 1.35 bits per heavy atom. The molecule has 2 aromatic carbocycles. The predicted molar refractivity (Wildman–Crippen MR) is 104 cm³/mol. The Kier molecular flexibility index (Phi) is 4.04. The van der Waals surface area contributed by atoms with Gasteiger partial charge in [-0.1, -0.05) is 11.6 Å². The monoisotopic (exact) mass is 388 g/mol. The molecule has 7 heteroatoms. The Labute approximate surface area is 161 Å². The minimum Gasteiger partial charge on any atom is -0.467 e. The lowest BCUT2D eigenvalue weighted by Crippen LogP contribution is -2.65. The zero-order chi connectivity index (χ0) is 18.5. The van der Waals surface area contributed by atoms with Crippen LogP contribution < -0.4 is 15.0 Å². The largest absolute Gasteiger partial charge is 0.467 e. The molecule has 1 saturated heterocycles. The molecule has 1 fully saturated rings. The van der Waals surface area contributed by atoms with Gasteiger partial charge in [-0.2, -0.15) is 0 Å². The highest BCUT2D eigenvalue weighted by molar-refractivity contribution is 7.80. The standard InChI is InChI=1S/C19H17ClN2O3S/c1-19-10-15(14-9-11(17(23)24-2)3-8-16(14)25-19)21-18(26)22(19)13-6-4-12(20)5-7-13/h3-9,15H,10H2,1-2H3,(H,21,26)/t15-,19-/m1/s1. The lowest BCUT2D eigenvalue weighted by Gasteiger charge is -2.52. The van der Waals surface area contributed by atoms with Crippen LogP contribution in [0.15, 0.2) is 42.5 Å². The molecule has 2 atom stereocenters. The van der Waals surface area contributed by atoms with Crippen molar-refractivity contribution in [3.63, 3.8) is 0 Å². The molecule has 134 valence electrons. The second-order valence-corrected chi connectivity index (χ2v) is 7.36. The lowest BCUT2D eigenvalue weighted by atomic mass is 9.89. The van der Waals surface area contributed by atoms with Gasteiger partial charge in [-0.25, -0.2) is 4.79 Å². The predicted octanol–water partition coefficient (Wildman–Crippen LogP) is 4.06. The van der Waals surface area contributed by atoms with Gasteiger partial charge in [0, 0.05) is 22.7 Å². The summed E-state index contributed by atoms with van der Waals surface area (Å²) in [6, 6.07) is 12.8. The van der Waals surface area contributed by atoms with Crippen LogP contribution in [0.25, 0.3) is 0 Å². The topological polar surface area (TPSA) is 50.8 Å². The summed E-state index contributed by atoms with van der Waals surface area (Å²) in [4.78, 5) is 13.8. The third kappa shape index (κ3) is 2.70.